The molecule has 82 valence electrons. The fourth-order valence-corrected chi connectivity index (χ4v) is 1.79. The summed E-state index contributed by atoms with van der Waals surface area (Å²) in [5.74, 6) is 0.427. The van der Waals surface area contributed by atoms with Gasteiger partial charge in [0.15, 0.2) is 0 Å². The average Bonchev–Trinajstić information content (AvgIpc) is 2.25. The highest BCUT2D eigenvalue weighted by molar-refractivity contribution is 6.39. The molecule has 0 saturated carbocycles. The Morgan fingerprint density at radius 3 is 2.19 bits per heavy atom. The van der Waals surface area contributed by atoms with Crippen LogP contribution in [0.3, 0.4) is 0 Å². The molecule has 0 atom stereocenters. The van der Waals surface area contributed by atoms with Crippen molar-refractivity contribution in [2.24, 2.45) is 0 Å². The molecule has 0 amide bonds. The second-order valence-electron chi connectivity index (χ2n) is 3.06. The minimum Gasteiger partial charge on any atom is -0.399 e. The summed E-state index contributed by atoms with van der Waals surface area (Å²) in [4.78, 5) is 8.02. The summed E-state index contributed by atoms with van der Waals surface area (Å²) in [5, 5.41) is 3.78. The second kappa shape index (κ2) is 4.55. The number of aromatic nitrogens is 2. The third-order valence-corrected chi connectivity index (χ3v) is 2.46. The van der Waals surface area contributed by atoms with Crippen molar-refractivity contribution in [1.82, 2.24) is 9.97 Å². The zero-order valence-electron chi connectivity index (χ0n) is 8.11. The van der Waals surface area contributed by atoms with Gasteiger partial charge in [-0.2, -0.15) is 0 Å². The second-order valence-corrected chi connectivity index (χ2v) is 3.87. The Balaban J connectivity index is 2.35. The molecule has 0 fully saturated rings. The standard InChI is InChI=1S/C10H8Cl2N4/c11-7-4-6(13)5-8(12)9(7)16-10-14-2-1-3-15-10/h1-5H,13H2,(H,14,15,16). The molecule has 1 aromatic heterocycles. The maximum absolute atomic E-state index is 6.00. The number of nitrogen functional groups attached to an aromatic ring is 1. The Kier molecular flexibility index (Phi) is 3.12. The fourth-order valence-electron chi connectivity index (χ4n) is 1.19. The molecule has 6 heteroatoms. The van der Waals surface area contributed by atoms with E-state index in [1.54, 1.807) is 30.6 Å². The summed E-state index contributed by atoms with van der Waals surface area (Å²) in [7, 11) is 0. The van der Waals surface area contributed by atoms with E-state index in [2.05, 4.69) is 15.3 Å². The Hall–Kier alpha value is -1.52. The van der Waals surface area contributed by atoms with Gasteiger partial charge < -0.3 is 11.1 Å². The molecule has 2 rings (SSSR count). The number of hydrogen-bond acceptors (Lipinski definition) is 4. The van der Waals surface area contributed by atoms with E-state index in [1.165, 1.54) is 0 Å². The van der Waals surface area contributed by atoms with Gasteiger partial charge in [0.1, 0.15) is 0 Å². The quantitative estimate of drug-likeness (QED) is 0.809. The van der Waals surface area contributed by atoms with Crippen molar-refractivity contribution in [2.75, 3.05) is 11.1 Å². The largest absolute Gasteiger partial charge is 0.399 e. The van der Waals surface area contributed by atoms with Crippen LogP contribution in [0.4, 0.5) is 17.3 Å². The topological polar surface area (TPSA) is 63.8 Å². The first kappa shape index (κ1) is 11.0. The van der Waals surface area contributed by atoms with Crippen LogP contribution in [0.5, 0.6) is 0 Å². The molecule has 0 bridgehead atoms. The number of rotatable bonds is 2. The van der Waals surface area contributed by atoms with Crippen LogP contribution in [-0.4, -0.2) is 9.97 Å². The molecular formula is C10H8Cl2N4. The lowest BCUT2D eigenvalue weighted by Gasteiger charge is -2.09. The molecule has 4 nitrogen and oxygen atoms in total. The lowest BCUT2D eigenvalue weighted by atomic mass is 10.3. The van der Waals surface area contributed by atoms with Crippen molar-refractivity contribution < 1.29 is 0 Å². The van der Waals surface area contributed by atoms with E-state index in [-0.39, 0.29) is 0 Å². The molecular weight excluding hydrogens is 247 g/mol. The number of halogens is 2. The number of nitrogens with zero attached hydrogens (tertiary/aromatic N) is 2. The Morgan fingerprint density at radius 2 is 1.62 bits per heavy atom. The minimum absolute atomic E-state index is 0.427. The number of nitrogens with two attached hydrogens (primary N) is 1. The van der Waals surface area contributed by atoms with Crippen LogP contribution in [0.2, 0.25) is 10.0 Å². The molecule has 0 aliphatic heterocycles. The van der Waals surface area contributed by atoms with Crippen molar-refractivity contribution in [3.63, 3.8) is 0 Å². The Bertz CT molecular complexity index is 478. The highest BCUT2D eigenvalue weighted by Crippen LogP contribution is 2.34. The predicted octanol–water partition coefficient (Wildman–Crippen LogP) is 3.11. The zero-order chi connectivity index (χ0) is 11.5. The monoisotopic (exact) mass is 254 g/mol. The summed E-state index contributed by atoms with van der Waals surface area (Å²) in [6, 6.07) is 4.94. The van der Waals surface area contributed by atoms with Gasteiger partial charge in [0.2, 0.25) is 5.95 Å². The lowest BCUT2D eigenvalue weighted by molar-refractivity contribution is 1.17. The van der Waals surface area contributed by atoms with Crippen molar-refractivity contribution in [3.05, 3.63) is 40.6 Å². The van der Waals surface area contributed by atoms with Crippen LogP contribution in [-0.2, 0) is 0 Å². The zero-order valence-corrected chi connectivity index (χ0v) is 9.63. The number of hydrogen-bond donors (Lipinski definition) is 2. The van der Waals surface area contributed by atoms with Crippen LogP contribution >= 0.6 is 23.2 Å². The van der Waals surface area contributed by atoms with E-state index in [0.717, 1.165) is 0 Å². The summed E-state index contributed by atoms with van der Waals surface area (Å²) in [5.41, 5.74) is 6.65. The first-order valence-corrected chi connectivity index (χ1v) is 5.21. The highest BCUT2D eigenvalue weighted by atomic mass is 35.5. The van der Waals surface area contributed by atoms with Gasteiger partial charge in [-0.1, -0.05) is 23.2 Å². The van der Waals surface area contributed by atoms with Crippen molar-refractivity contribution >= 4 is 40.5 Å². The van der Waals surface area contributed by atoms with Crippen LogP contribution < -0.4 is 11.1 Å². The van der Waals surface area contributed by atoms with Gasteiger partial charge in [0.25, 0.3) is 0 Å². The number of benzene rings is 1. The fraction of sp³-hybridized carbons (Fsp3) is 0. The van der Waals surface area contributed by atoms with Crippen molar-refractivity contribution in [1.29, 1.82) is 0 Å². The van der Waals surface area contributed by atoms with E-state index in [4.69, 9.17) is 28.9 Å². The van der Waals surface area contributed by atoms with Crippen molar-refractivity contribution in [2.45, 2.75) is 0 Å². The minimum atomic E-state index is 0.427. The van der Waals surface area contributed by atoms with Crippen LogP contribution in [0.15, 0.2) is 30.6 Å². The van der Waals surface area contributed by atoms with E-state index in [0.29, 0.717) is 27.4 Å². The van der Waals surface area contributed by atoms with Crippen molar-refractivity contribution in [3.8, 4) is 0 Å². The van der Waals surface area contributed by atoms with Gasteiger partial charge in [-0.25, -0.2) is 9.97 Å². The first-order chi connectivity index (χ1) is 7.66. The number of nitrogens with one attached hydrogen (secondary N) is 1. The summed E-state index contributed by atoms with van der Waals surface area (Å²) < 4.78 is 0. The highest BCUT2D eigenvalue weighted by Gasteiger charge is 2.08. The van der Waals surface area contributed by atoms with Crippen LogP contribution in [0, 0.1) is 0 Å². The third kappa shape index (κ3) is 2.35. The molecule has 0 radical (unpaired) electrons. The summed E-state index contributed by atoms with van der Waals surface area (Å²) >= 11 is 12.0. The lowest BCUT2D eigenvalue weighted by Crippen LogP contribution is -1.98. The van der Waals surface area contributed by atoms with Gasteiger partial charge in [0.05, 0.1) is 15.7 Å². The average molecular weight is 255 g/mol. The summed E-state index contributed by atoms with van der Waals surface area (Å²) in [6.07, 6.45) is 3.24. The van der Waals surface area contributed by atoms with E-state index >= 15 is 0 Å². The molecule has 0 spiro atoms. The molecule has 0 aliphatic rings. The Morgan fingerprint density at radius 1 is 1.06 bits per heavy atom. The van der Waals surface area contributed by atoms with Crippen LogP contribution in [0.25, 0.3) is 0 Å². The molecule has 1 aromatic carbocycles. The first-order valence-electron chi connectivity index (χ1n) is 4.45. The summed E-state index contributed by atoms with van der Waals surface area (Å²) in [6.45, 7) is 0. The SMILES string of the molecule is Nc1cc(Cl)c(Nc2ncccn2)c(Cl)c1. The molecule has 0 unspecified atom stereocenters. The van der Waals surface area contributed by atoms with E-state index in [9.17, 15) is 0 Å². The number of anilines is 3. The molecule has 16 heavy (non-hydrogen) atoms. The van der Waals surface area contributed by atoms with Gasteiger partial charge in [-0.15, -0.1) is 0 Å². The maximum atomic E-state index is 6.00. The smallest absolute Gasteiger partial charge is 0.227 e. The predicted molar refractivity (Wildman–Crippen MR) is 66.2 cm³/mol. The Labute approximate surface area is 102 Å². The molecule has 1 heterocycles. The molecule has 0 aliphatic carbocycles. The van der Waals surface area contributed by atoms with E-state index in [1.807, 2.05) is 0 Å². The van der Waals surface area contributed by atoms with Gasteiger partial charge in [-0.3, -0.25) is 0 Å². The van der Waals surface area contributed by atoms with Gasteiger partial charge in [0, 0.05) is 18.1 Å². The molecule has 0 saturated heterocycles. The van der Waals surface area contributed by atoms with Crippen LogP contribution in [0.1, 0.15) is 0 Å². The molecule has 2 aromatic rings. The molecule has 3 N–H and O–H groups in total. The third-order valence-electron chi connectivity index (χ3n) is 1.87. The van der Waals surface area contributed by atoms with Gasteiger partial charge in [-0.05, 0) is 18.2 Å². The normalized spacial score (nSPS) is 10.1. The maximum Gasteiger partial charge on any atom is 0.227 e. The van der Waals surface area contributed by atoms with E-state index < -0.39 is 0 Å². The van der Waals surface area contributed by atoms with Gasteiger partial charge >= 0.3 is 0 Å².